The van der Waals surface area contributed by atoms with Crippen LogP contribution < -0.4 is 0 Å². The summed E-state index contributed by atoms with van der Waals surface area (Å²) < 4.78 is 15.4. The monoisotopic (exact) mass is 969 g/mol. The molecule has 0 radical (unpaired) electrons. The SMILES string of the molecule is CCCCCCc1c2c3c(CCCCCC)c4cc5c(cc14)-c1ccc4c6c(ccc-5c16)[C@H]1[C@@H]4[C@@H]4O[C@H]1c1c4c(CCCCCC)c4cc5c(cc4c1CCCCCC)-c1ccc4c6c(ccc-5c16)[C@@H]1[C@H]4[C@H]3O[C@H]21. The molecule has 4 aliphatic carbocycles. The van der Waals surface area contributed by atoms with Gasteiger partial charge in [0.2, 0.25) is 0 Å². The summed E-state index contributed by atoms with van der Waals surface area (Å²) in [7, 11) is 0. The number of aryl methyl sites for hydroxylation is 4. The first-order chi connectivity index (χ1) is 36.6. The van der Waals surface area contributed by atoms with Crippen LogP contribution in [0.15, 0.2) is 72.8 Å². The number of hydrogen-bond donors (Lipinski definition) is 0. The molecule has 4 bridgehead atoms. The third-order valence-electron chi connectivity index (χ3n) is 21.5. The third kappa shape index (κ3) is 5.41. The molecule has 2 heteroatoms. The molecule has 0 unspecified atom stereocenters. The van der Waals surface area contributed by atoms with Gasteiger partial charge in [0.25, 0.3) is 0 Å². The van der Waals surface area contributed by atoms with Gasteiger partial charge in [0.1, 0.15) is 0 Å². The van der Waals surface area contributed by atoms with Crippen molar-refractivity contribution >= 4 is 43.1 Å². The zero-order valence-electron chi connectivity index (χ0n) is 44.5. The maximum atomic E-state index is 7.69. The van der Waals surface area contributed by atoms with Crippen LogP contribution in [-0.2, 0) is 35.2 Å². The second-order valence-electron chi connectivity index (χ2n) is 25.1. The largest absolute Gasteiger partial charge is 0.364 e. The van der Waals surface area contributed by atoms with Gasteiger partial charge in [0.05, 0.1) is 24.4 Å². The molecule has 16 rings (SSSR count). The Kier molecular flexibility index (Phi) is 9.57. The molecule has 4 aliphatic heterocycles. The maximum Gasteiger partial charge on any atom is 0.0915 e. The second-order valence-corrected chi connectivity index (χ2v) is 25.1. The summed E-state index contributed by atoms with van der Waals surface area (Å²) in [6.45, 7) is 9.44. The molecular weight excluding hydrogens is 897 g/mol. The summed E-state index contributed by atoms with van der Waals surface area (Å²) in [5.41, 5.74) is 30.9. The van der Waals surface area contributed by atoms with E-state index in [0.29, 0.717) is 23.7 Å². The van der Waals surface area contributed by atoms with Gasteiger partial charge in [-0.25, -0.2) is 0 Å². The van der Waals surface area contributed by atoms with Crippen LogP contribution in [0.2, 0.25) is 0 Å². The first kappa shape index (κ1) is 43.9. The third-order valence-corrected chi connectivity index (χ3v) is 21.5. The molecule has 2 fully saturated rings. The zero-order valence-corrected chi connectivity index (χ0v) is 44.5. The highest BCUT2D eigenvalue weighted by Crippen LogP contribution is 2.74. The van der Waals surface area contributed by atoms with E-state index in [9.17, 15) is 0 Å². The Hall–Kier alpha value is -5.28. The minimum Gasteiger partial charge on any atom is -0.364 e. The Labute approximate surface area is 438 Å². The van der Waals surface area contributed by atoms with Crippen LogP contribution in [-0.4, -0.2) is 0 Å². The van der Waals surface area contributed by atoms with Crippen LogP contribution in [0, 0.1) is 0 Å². The van der Waals surface area contributed by atoms with Gasteiger partial charge >= 0.3 is 0 Å². The smallest absolute Gasteiger partial charge is 0.0915 e. The Morgan fingerprint density at radius 2 is 0.541 bits per heavy atom. The van der Waals surface area contributed by atoms with Gasteiger partial charge in [-0.15, -0.1) is 0 Å². The number of hydrogen-bond acceptors (Lipinski definition) is 2. The predicted molar refractivity (Wildman–Crippen MR) is 307 cm³/mol. The standard InChI is InChI=1S/C72H72O2/c1-5-9-13-17-21-37-49-33-53-41-25-30-47-60-48-32-27-42(57(41)60)54(53)34-50(49)38(22-18-14-10-6-2)62-61(37)69-65-45-29-26-43-55-35-51-39(23-19-15-11-7-3)63-64(72-68(48)67(47)71(63)74-72)40(24-20-16-12-8-4)52(51)36-56(55)44-28-31-46(59(45)58(43)44)66(65)70(62)73-69/h25-36,65-72H,5-24H2,1-4H3/t65-,66+,67-,68+,69-,70+,71-,72+. The van der Waals surface area contributed by atoms with E-state index >= 15 is 0 Å². The lowest BCUT2D eigenvalue weighted by Gasteiger charge is -2.31. The molecule has 4 heterocycles. The molecule has 2 nitrogen and oxygen atoms in total. The van der Waals surface area contributed by atoms with Gasteiger partial charge in [-0.2, -0.15) is 0 Å². The summed E-state index contributed by atoms with van der Waals surface area (Å²) >= 11 is 0. The van der Waals surface area contributed by atoms with Gasteiger partial charge < -0.3 is 9.47 Å². The van der Waals surface area contributed by atoms with E-state index in [1.807, 2.05) is 0 Å². The lowest BCUT2D eigenvalue weighted by molar-refractivity contribution is 0.0631. The normalized spacial score (nSPS) is 23.8. The van der Waals surface area contributed by atoms with E-state index in [-0.39, 0.29) is 24.4 Å². The maximum absolute atomic E-state index is 7.69. The van der Waals surface area contributed by atoms with E-state index in [0.717, 1.165) is 25.7 Å². The van der Waals surface area contributed by atoms with Gasteiger partial charge in [0.15, 0.2) is 0 Å². The first-order valence-corrected chi connectivity index (χ1v) is 30.4. The van der Waals surface area contributed by atoms with E-state index in [1.165, 1.54) is 180 Å². The van der Waals surface area contributed by atoms with Gasteiger partial charge in [-0.1, -0.05) is 153 Å². The van der Waals surface area contributed by atoms with Crippen molar-refractivity contribution in [3.05, 3.63) is 140 Å². The minimum atomic E-state index is 0.0873. The number of rotatable bonds is 20. The Bertz CT molecular complexity index is 3330. The van der Waals surface area contributed by atoms with Crippen molar-refractivity contribution in [3.8, 4) is 44.5 Å². The minimum absolute atomic E-state index is 0.0873. The Morgan fingerprint density at radius 1 is 0.284 bits per heavy atom. The van der Waals surface area contributed by atoms with E-state index in [1.54, 1.807) is 77.5 Å². The number of ether oxygens (including phenoxy) is 2. The summed E-state index contributed by atoms with van der Waals surface area (Å²) in [5, 5.41) is 12.4. The van der Waals surface area contributed by atoms with Crippen LogP contribution in [0.25, 0.3) is 87.6 Å². The fourth-order valence-corrected chi connectivity index (χ4v) is 18.5. The number of fused-ring (bicyclic) bond motifs is 28. The molecule has 8 aromatic carbocycles. The highest BCUT2D eigenvalue weighted by Gasteiger charge is 2.61. The van der Waals surface area contributed by atoms with Crippen molar-refractivity contribution < 1.29 is 9.47 Å². The topological polar surface area (TPSA) is 18.5 Å². The quantitative estimate of drug-likeness (QED) is 0.0709. The highest BCUT2D eigenvalue weighted by molar-refractivity contribution is 6.22. The molecule has 372 valence electrons. The fraction of sp³-hybridized carbons (Fsp3) is 0.444. The van der Waals surface area contributed by atoms with Gasteiger partial charge in [-0.3, -0.25) is 0 Å². The van der Waals surface area contributed by atoms with E-state index < -0.39 is 0 Å². The summed E-state index contributed by atoms with van der Waals surface area (Å²) in [6, 6.07) is 31.7. The summed E-state index contributed by atoms with van der Waals surface area (Å²) in [4.78, 5) is 0. The average molecular weight is 969 g/mol. The fourth-order valence-electron chi connectivity index (χ4n) is 18.5. The van der Waals surface area contributed by atoms with Crippen molar-refractivity contribution in [2.45, 2.75) is 204 Å². The molecular formula is C72H72O2. The molecule has 0 N–H and O–H groups in total. The molecule has 2 saturated heterocycles. The predicted octanol–water partition coefficient (Wildman–Crippen LogP) is 20.4. The molecule has 8 atom stereocenters. The molecule has 0 aromatic heterocycles. The zero-order chi connectivity index (χ0) is 48.8. The van der Waals surface area contributed by atoms with Gasteiger partial charge in [0, 0.05) is 23.7 Å². The van der Waals surface area contributed by atoms with Crippen molar-refractivity contribution in [2.24, 2.45) is 0 Å². The van der Waals surface area contributed by atoms with E-state index in [2.05, 4.69) is 100 Å². The first-order valence-electron chi connectivity index (χ1n) is 30.4. The molecule has 0 amide bonds. The summed E-state index contributed by atoms with van der Waals surface area (Å²) in [5.74, 6) is 1.38. The van der Waals surface area contributed by atoms with Crippen molar-refractivity contribution in [1.29, 1.82) is 0 Å². The van der Waals surface area contributed by atoms with Crippen LogP contribution in [0.3, 0.4) is 0 Å². The summed E-state index contributed by atoms with van der Waals surface area (Å²) in [6.07, 6.45) is 25.2. The van der Waals surface area contributed by atoms with Gasteiger partial charge in [-0.05, 0) is 230 Å². The lowest BCUT2D eigenvalue weighted by atomic mass is 9.69. The van der Waals surface area contributed by atoms with Crippen LogP contribution >= 0.6 is 0 Å². The van der Waals surface area contributed by atoms with E-state index in [4.69, 9.17) is 9.47 Å². The number of benzene rings is 8. The second kappa shape index (κ2) is 16.1. The van der Waals surface area contributed by atoms with Crippen LogP contribution in [0.5, 0.6) is 0 Å². The highest BCUT2D eigenvalue weighted by atomic mass is 16.5. The van der Waals surface area contributed by atoms with Crippen LogP contribution in [0.4, 0.5) is 0 Å². The molecule has 74 heavy (non-hydrogen) atoms. The molecule has 0 spiro atoms. The molecule has 0 saturated carbocycles. The van der Waals surface area contributed by atoms with Crippen molar-refractivity contribution in [1.82, 2.24) is 0 Å². The Morgan fingerprint density at radius 3 is 0.784 bits per heavy atom. The lowest BCUT2D eigenvalue weighted by Crippen LogP contribution is -2.19. The van der Waals surface area contributed by atoms with Crippen molar-refractivity contribution in [3.63, 3.8) is 0 Å². The van der Waals surface area contributed by atoms with Crippen molar-refractivity contribution in [2.75, 3.05) is 0 Å². The average Bonchev–Trinajstić information content (AvgIpc) is 4.35. The molecule has 8 aliphatic rings. The Balaban J connectivity index is 0.978. The number of unbranched alkanes of at least 4 members (excludes halogenated alkanes) is 12. The molecule has 8 aromatic rings. The van der Waals surface area contributed by atoms with Crippen LogP contribution in [0.1, 0.15) is 245 Å².